The van der Waals surface area contributed by atoms with Crippen LogP contribution in [0.4, 0.5) is 17.6 Å². The Morgan fingerprint density at radius 3 is 2.25 bits per heavy atom. The minimum Gasteiger partial charge on any atom is -0.310 e. The fourth-order valence-electron chi connectivity index (χ4n) is 1.88. The molecular formula is C11H11F4N. The summed E-state index contributed by atoms with van der Waals surface area (Å²) >= 11 is 0. The molecule has 1 fully saturated rings. The molecule has 2 rings (SSSR count). The van der Waals surface area contributed by atoms with Gasteiger partial charge in [0.15, 0.2) is 5.67 Å². The summed E-state index contributed by atoms with van der Waals surface area (Å²) in [5.41, 5.74) is -1.54. The van der Waals surface area contributed by atoms with Gasteiger partial charge in [-0.15, -0.1) is 0 Å². The lowest BCUT2D eigenvalue weighted by Gasteiger charge is -2.36. The topological polar surface area (TPSA) is 12.0 Å². The van der Waals surface area contributed by atoms with E-state index < -0.39 is 17.4 Å². The summed E-state index contributed by atoms with van der Waals surface area (Å²) in [5, 5.41) is 2.78. The van der Waals surface area contributed by atoms with Gasteiger partial charge in [0.1, 0.15) is 0 Å². The number of alkyl halides is 4. The Morgan fingerprint density at radius 2 is 1.88 bits per heavy atom. The van der Waals surface area contributed by atoms with Gasteiger partial charge in [0.25, 0.3) is 0 Å². The van der Waals surface area contributed by atoms with Crippen LogP contribution in [0.15, 0.2) is 18.2 Å². The van der Waals surface area contributed by atoms with Crippen molar-refractivity contribution in [1.82, 2.24) is 5.32 Å². The summed E-state index contributed by atoms with van der Waals surface area (Å²) in [6.07, 6.45) is -4.37. The molecule has 1 aliphatic rings. The third kappa shape index (κ3) is 1.80. The summed E-state index contributed by atoms with van der Waals surface area (Å²) < 4.78 is 51.1. The van der Waals surface area contributed by atoms with E-state index in [1.807, 2.05) is 0 Å². The van der Waals surface area contributed by atoms with E-state index in [4.69, 9.17) is 0 Å². The van der Waals surface area contributed by atoms with Gasteiger partial charge >= 0.3 is 6.18 Å². The number of aryl methyl sites for hydroxylation is 1. The van der Waals surface area contributed by atoms with Crippen LogP contribution in [0.3, 0.4) is 0 Å². The van der Waals surface area contributed by atoms with Gasteiger partial charge in [-0.1, -0.05) is 6.07 Å². The highest BCUT2D eigenvalue weighted by atomic mass is 19.4. The van der Waals surface area contributed by atoms with E-state index in [1.54, 1.807) is 0 Å². The van der Waals surface area contributed by atoms with Crippen molar-refractivity contribution in [1.29, 1.82) is 0 Å². The summed E-state index contributed by atoms with van der Waals surface area (Å²) in [6.45, 7) is 1.84. The quantitative estimate of drug-likeness (QED) is 0.735. The zero-order valence-corrected chi connectivity index (χ0v) is 8.66. The van der Waals surface area contributed by atoms with Crippen molar-refractivity contribution in [3.05, 3.63) is 34.9 Å². The van der Waals surface area contributed by atoms with Crippen LogP contribution >= 0.6 is 0 Å². The van der Waals surface area contributed by atoms with Crippen LogP contribution in [0.5, 0.6) is 0 Å². The standard InChI is InChI=1S/C11H11F4N/c1-7-4-8(11(13,14)15)2-3-9(7)10(12)5-16-6-10/h2-4,16H,5-6H2,1H3. The first kappa shape index (κ1) is 11.4. The first-order valence-corrected chi connectivity index (χ1v) is 4.91. The van der Waals surface area contributed by atoms with Crippen LogP contribution in [0.1, 0.15) is 16.7 Å². The molecular weight excluding hydrogens is 222 g/mol. The van der Waals surface area contributed by atoms with E-state index in [2.05, 4.69) is 5.32 Å². The van der Waals surface area contributed by atoms with Crippen molar-refractivity contribution in [3.8, 4) is 0 Å². The van der Waals surface area contributed by atoms with Gasteiger partial charge in [0.05, 0.1) is 5.56 Å². The van der Waals surface area contributed by atoms with E-state index in [1.165, 1.54) is 13.0 Å². The van der Waals surface area contributed by atoms with Crippen molar-refractivity contribution in [2.24, 2.45) is 0 Å². The molecule has 0 spiro atoms. The van der Waals surface area contributed by atoms with E-state index in [9.17, 15) is 17.6 Å². The molecule has 0 radical (unpaired) electrons. The first-order chi connectivity index (χ1) is 7.33. The lowest BCUT2D eigenvalue weighted by Crippen LogP contribution is -2.54. The molecule has 0 atom stereocenters. The lowest BCUT2D eigenvalue weighted by molar-refractivity contribution is -0.137. The maximum atomic E-state index is 14.0. The predicted octanol–water partition coefficient (Wildman–Crippen LogP) is 2.78. The van der Waals surface area contributed by atoms with Crippen molar-refractivity contribution in [2.75, 3.05) is 13.1 Å². The number of hydrogen-bond acceptors (Lipinski definition) is 1. The molecule has 1 N–H and O–H groups in total. The van der Waals surface area contributed by atoms with Crippen LogP contribution in [0.25, 0.3) is 0 Å². The Morgan fingerprint density at radius 1 is 1.25 bits per heavy atom. The fourth-order valence-corrected chi connectivity index (χ4v) is 1.88. The number of nitrogens with one attached hydrogen (secondary N) is 1. The third-order valence-electron chi connectivity index (χ3n) is 2.85. The number of rotatable bonds is 1. The van der Waals surface area contributed by atoms with E-state index in [-0.39, 0.29) is 13.1 Å². The maximum Gasteiger partial charge on any atom is 0.416 e. The molecule has 0 bridgehead atoms. The molecule has 1 aliphatic heterocycles. The second-order valence-electron chi connectivity index (χ2n) is 4.10. The zero-order chi connectivity index (χ0) is 12.0. The SMILES string of the molecule is Cc1cc(C(F)(F)F)ccc1C1(F)CNC1. The fraction of sp³-hybridized carbons (Fsp3) is 0.455. The Hall–Kier alpha value is -1.10. The minimum absolute atomic E-state index is 0.166. The van der Waals surface area contributed by atoms with Gasteiger partial charge < -0.3 is 5.32 Å². The highest BCUT2D eigenvalue weighted by molar-refractivity contribution is 5.38. The van der Waals surface area contributed by atoms with Gasteiger partial charge in [-0.25, -0.2) is 4.39 Å². The van der Waals surface area contributed by atoms with Crippen LogP contribution < -0.4 is 5.32 Å². The Bertz CT molecular complexity index is 407. The van der Waals surface area contributed by atoms with Gasteiger partial charge in [-0.05, 0) is 30.2 Å². The summed E-state index contributed by atoms with van der Waals surface area (Å²) in [6, 6.07) is 3.16. The number of benzene rings is 1. The molecule has 16 heavy (non-hydrogen) atoms. The normalized spacial score (nSPS) is 19.3. The molecule has 1 aromatic carbocycles. The molecule has 0 aliphatic carbocycles. The minimum atomic E-state index is -4.37. The van der Waals surface area contributed by atoms with Crippen molar-refractivity contribution >= 4 is 0 Å². The van der Waals surface area contributed by atoms with Crippen LogP contribution in [0.2, 0.25) is 0 Å². The molecule has 0 saturated carbocycles. The molecule has 0 aromatic heterocycles. The summed E-state index contributed by atoms with van der Waals surface area (Å²) in [4.78, 5) is 0. The molecule has 1 saturated heterocycles. The van der Waals surface area contributed by atoms with Gasteiger partial charge in [-0.2, -0.15) is 13.2 Å². The Kier molecular flexibility index (Phi) is 2.45. The molecule has 1 nitrogen and oxygen atoms in total. The number of halogens is 4. The maximum absolute atomic E-state index is 14.0. The van der Waals surface area contributed by atoms with Crippen molar-refractivity contribution in [3.63, 3.8) is 0 Å². The van der Waals surface area contributed by atoms with E-state index in [0.717, 1.165) is 12.1 Å². The largest absolute Gasteiger partial charge is 0.416 e. The molecule has 1 aromatic rings. The predicted molar refractivity (Wildman–Crippen MR) is 51.8 cm³/mol. The highest BCUT2D eigenvalue weighted by Gasteiger charge is 2.40. The molecule has 1 heterocycles. The zero-order valence-electron chi connectivity index (χ0n) is 8.66. The summed E-state index contributed by atoms with van der Waals surface area (Å²) in [7, 11) is 0. The van der Waals surface area contributed by atoms with Crippen molar-refractivity contribution in [2.45, 2.75) is 18.8 Å². The highest BCUT2D eigenvalue weighted by Crippen LogP contribution is 2.36. The van der Waals surface area contributed by atoms with Gasteiger partial charge in [0, 0.05) is 13.1 Å². The third-order valence-corrected chi connectivity index (χ3v) is 2.85. The average Bonchev–Trinajstić information content (AvgIpc) is 2.12. The van der Waals surface area contributed by atoms with Crippen molar-refractivity contribution < 1.29 is 17.6 Å². The van der Waals surface area contributed by atoms with Crippen LogP contribution in [-0.2, 0) is 11.8 Å². The molecule has 0 amide bonds. The Balaban J connectivity index is 2.37. The molecule has 88 valence electrons. The van der Waals surface area contributed by atoms with E-state index in [0.29, 0.717) is 11.1 Å². The van der Waals surface area contributed by atoms with Crippen LogP contribution in [-0.4, -0.2) is 13.1 Å². The first-order valence-electron chi connectivity index (χ1n) is 4.91. The second kappa shape index (κ2) is 3.45. The smallest absolute Gasteiger partial charge is 0.310 e. The lowest BCUT2D eigenvalue weighted by atomic mass is 9.86. The summed E-state index contributed by atoms with van der Waals surface area (Å²) in [5.74, 6) is 0. The average molecular weight is 233 g/mol. The van der Waals surface area contributed by atoms with E-state index >= 15 is 0 Å². The van der Waals surface area contributed by atoms with Crippen LogP contribution in [0, 0.1) is 6.92 Å². The second-order valence-corrected chi connectivity index (χ2v) is 4.10. The Labute approximate surface area is 90.5 Å². The molecule has 5 heteroatoms. The number of hydrogen-bond donors (Lipinski definition) is 1. The van der Waals surface area contributed by atoms with Gasteiger partial charge in [0.2, 0.25) is 0 Å². The van der Waals surface area contributed by atoms with Gasteiger partial charge in [-0.3, -0.25) is 0 Å². The monoisotopic (exact) mass is 233 g/mol. The molecule has 0 unspecified atom stereocenters.